The summed E-state index contributed by atoms with van der Waals surface area (Å²) >= 11 is 1.22. The van der Waals surface area contributed by atoms with Gasteiger partial charge in [0.2, 0.25) is 11.1 Å². The molecule has 1 heterocycles. The highest BCUT2D eigenvalue weighted by Gasteiger charge is 2.12. The van der Waals surface area contributed by atoms with E-state index in [1.54, 1.807) is 22.9 Å². The second kappa shape index (κ2) is 7.89. The van der Waals surface area contributed by atoms with Crippen LogP contribution in [0.4, 0.5) is 4.39 Å². The smallest absolute Gasteiger partial charge is 0.230 e. The molecule has 8 heteroatoms. The number of nitrogens with zero attached hydrogens (tertiary/aromatic N) is 4. The van der Waals surface area contributed by atoms with Crippen molar-refractivity contribution in [3.63, 3.8) is 0 Å². The van der Waals surface area contributed by atoms with Crippen molar-refractivity contribution in [1.82, 2.24) is 25.5 Å². The summed E-state index contributed by atoms with van der Waals surface area (Å²) in [5.74, 6) is -0.411. The quantitative estimate of drug-likeness (QED) is 0.686. The maximum atomic E-state index is 13.5. The van der Waals surface area contributed by atoms with Gasteiger partial charge in [0.05, 0.1) is 11.4 Å². The van der Waals surface area contributed by atoms with Crippen molar-refractivity contribution >= 4 is 17.7 Å². The number of amides is 1. The van der Waals surface area contributed by atoms with Crippen LogP contribution in [0, 0.1) is 12.7 Å². The largest absolute Gasteiger partial charge is 0.351 e. The van der Waals surface area contributed by atoms with Gasteiger partial charge in [-0.05, 0) is 35.5 Å². The van der Waals surface area contributed by atoms with Gasteiger partial charge in [0.25, 0.3) is 0 Å². The summed E-state index contributed by atoms with van der Waals surface area (Å²) in [4.78, 5) is 12.0. The van der Waals surface area contributed by atoms with Gasteiger partial charge < -0.3 is 5.32 Å². The molecule has 0 aliphatic rings. The van der Waals surface area contributed by atoms with Crippen LogP contribution in [0.2, 0.25) is 0 Å². The Balaban J connectivity index is 1.57. The number of carbonyl (C=O) groups is 1. The molecule has 0 atom stereocenters. The molecule has 0 saturated carbocycles. The van der Waals surface area contributed by atoms with Crippen molar-refractivity contribution < 1.29 is 9.18 Å². The molecule has 2 aromatic carbocycles. The number of benzene rings is 2. The molecule has 1 aromatic heterocycles. The minimum Gasteiger partial charge on any atom is -0.351 e. The van der Waals surface area contributed by atoms with Gasteiger partial charge in [-0.3, -0.25) is 4.79 Å². The molecule has 25 heavy (non-hydrogen) atoms. The van der Waals surface area contributed by atoms with Gasteiger partial charge in [0.15, 0.2) is 0 Å². The van der Waals surface area contributed by atoms with Crippen LogP contribution in [0.25, 0.3) is 5.69 Å². The molecule has 6 nitrogen and oxygen atoms in total. The fourth-order valence-corrected chi connectivity index (χ4v) is 2.85. The van der Waals surface area contributed by atoms with E-state index >= 15 is 0 Å². The highest BCUT2D eigenvalue weighted by Crippen LogP contribution is 2.18. The van der Waals surface area contributed by atoms with E-state index in [4.69, 9.17) is 0 Å². The average molecular weight is 357 g/mol. The molecular formula is C17H16FN5OS. The van der Waals surface area contributed by atoms with Crippen molar-refractivity contribution in [3.8, 4) is 5.69 Å². The molecule has 1 amide bonds. The minimum atomic E-state index is -0.334. The van der Waals surface area contributed by atoms with Crippen LogP contribution in [0.1, 0.15) is 11.1 Å². The van der Waals surface area contributed by atoms with Crippen molar-refractivity contribution in [2.75, 3.05) is 5.75 Å². The lowest BCUT2D eigenvalue weighted by atomic mass is 10.2. The maximum absolute atomic E-state index is 13.5. The molecular weight excluding hydrogens is 341 g/mol. The molecule has 0 unspecified atom stereocenters. The molecule has 3 aromatic rings. The Kier molecular flexibility index (Phi) is 5.39. The third-order valence-electron chi connectivity index (χ3n) is 3.49. The molecule has 0 aliphatic heterocycles. The Labute approximate surface area is 148 Å². The van der Waals surface area contributed by atoms with Gasteiger partial charge in [0, 0.05) is 12.1 Å². The standard InChI is InChI=1S/C17H16FN5OS/c1-12-6-8-14(9-7-12)23-17(20-21-22-23)25-11-16(24)19-10-13-4-2-3-5-15(13)18/h2-9H,10-11H2,1H3,(H,19,24). The van der Waals surface area contributed by atoms with Crippen molar-refractivity contribution in [3.05, 3.63) is 65.5 Å². The molecule has 0 fully saturated rings. The first-order chi connectivity index (χ1) is 12.1. The number of aromatic nitrogens is 4. The Bertz CT molecular complexity index is 865. The molecule has 0 spiro atoms. The second-order valence-electron chi connectivity index (χ2n) is 5.37. The summed E-state index contributed by atoms with van der Waals surface area (Å²) in [5.41, 5.74) is 2.41. The van der Waals surface area contributed by atoms with Gasteiger partial charge in [0.1, 0.15) is 5.82 Å². The lowest BCUT2D eigenvalue weighted by molar-refractivity contribution is -0.118. The van der Waals surface area contributed by atoms with Crippen LogP contribution >= 0.6 is 11.8 Å². The zero-order chi connectivity index (χ0) is 17.6. The van der Waals surface area contributed by atoms with E-state index in [1.165, 1.54) is 17.8 Å². The number of carbonyl (C=O) groups excluding carboxylic acids is 1. The van der Waals surface area contributed by atoms with E-state index in [1.807, 2.05) is 31.2 Å². The fraction of sp³-hybridized carbons (Fsp3) is 0.176. The summed E-state index contributed by atoms with van der Waals surface area (Å²) in [6.07, 6.45) is 0. The van der Waals surface area contributed by atoms with E-state index < -0.39 is 0 Å². The van der Waals surface area contributed by atoms with Gasteiger partial charge in [-0.25, -0.2) is 4.39 Å². The van der Waals surface area contributed by atoms with Gasteiger partial charge >= 0.3 is 0 Å². The average Bonchev–Trinajstić information content (AvgIpc) is 3.08. The molecule has 0 bridgehead atoms. The minimum absolute atomic E-state index is 0.140. The topological polar surface area (TPSA) is 72.7 Å². The molecule has 0 aliphatic carbocycles. The third-order valence-corrected chi connectivity index (χ3v) is 4.40. The summed E-state index contributed by atoms with van der Waals surface area (Å²) in [7, 11) is 0. The molecule has 1 N–H and O–H groups in total. The van der Waals surface area contributed by atoms with E-state index in [0.29, 0.717) is 10.7 Å². The lowest BCUT2D eigenvalue weighted by Crippen LogP contribution is -2.25. The van der Waals surface area contributed by atoms with Crippen molar-refractivity contribution in [1.29, 1.82) is 0 Å². The van der Waals surface area contributed by atoms with Crippen molar-refractivity contribution in [2.45, 2.75) is 18.6 Å². The van der Waals surface area contributed by atoms with Crippen LogP contribution in [-0.4, -0.2) is 31.9 Å². The number of rotatable bonds is 6. The molecule has 128 valence electrons. The zero-order valence-electron chi connectivity index (χ0n) is 13.5. The third kappa shape index (κ3) is 4.42. The zero-order valence-corrected chi connectivity index (χ0v) is 14.3. The first-order valence-electron chi connectivity index (χ1n) is 7.62. The number of tetrazole rings is 1. The highest BCUT2D eigenvalue weighted by atomic mass is 32.2. The summed E-state index contributed by atoms with van der Waals surface area (Å²) in [6.45, 7) is 2.15. The van der Waals surface area contributed by atoms with Gasteiger partial charge in [-0.2, -0.15) is 4.68 Å². The Morgan fingerprint density at radius 3 is 2.72 bits per heavy atom. The second-order valence-corrected chi connectivity index (χ2v) is 6.31. The predicted molar refractivity (Wildman–Crippen MR) is 92.9 cm³/mol. The maximum Gasteiger partial charge on any atom is 0.230 e. The van der Waals surface area contributed by atoms with Gasteiger partial charge in [-0.1, -0.05) is 47.7 Å². The van der Waals surface area contributed by atoms with Crippen LogP contribution in [0.15, 0.2) is 53.7 Å². The SMILES string of the molecule is Cc1ccc(-n2nnnc2SCC(=O)NCc2ccccc2F)cc1. The number of hydrogen-bond donors (Lipinski definition) is 1. The van der Waals surface area contributed by atoms with Gasteiger partial charge in [-0.15, -0.1) is 5.10 Å². The van der Waals surface area contributed by atoms with E-state index in [2.05, 4.69) is 20.8 Å². The van der Waals surface area contributed by atoms with Crippen LogP contribution in [0.5, 0.6) is 0 Å². The first kappa shape index (κ1) is 17.1. The van der Waals surface area contributed by atoms with E-state index in [0.717, 1.165) is 11.3 Å². The monoisotopic (exact) mass is 357 g/mol. The molecule has 0 radical (unpaired) electrons. The van der Waals surface area contributed by atoms with E-state index in [-0.39, 0.29) is 24.0 Å². The number of halogens is 1. The van der Waals surface area contributed by atoms with Crippen molar-refractivity contribution in [2.24, 2.45) is 0 Å². The summed E-state index contributed by atoms with van der Waals surface area (Å²) < 4.78 is 15.1. The normalized spacial score (nSPS) is 10.6. The number of aryl methyl sites for hydroxylation is 1. The van der Waals surface area contributed by atoms with E-state index in [9.17, 15) is 9.18 Å². The number of thioether (sulfide) groups is 1. The first-order valence-corrected chi connectivity index (χ1v) is 8.60. The molecule has 0 saturated heterocycles. The number of hydrogen-bond acceptors (Lipinski definition) is 5. The Hall–Kier alpha value is -2.74. The summed E-state index contributed by atoms with van der Waals surface area (Å²) in [5, 5.41) is 14.8. The number of nitrogens with one attached hydrogen (secondary N) is 1. The Morgan fingerprint density at radius 1 is 1.20 bits per heavy atom. The fourth-order valence-electron chi connectivity index (χ4n) is 2.13. The van der Waals surface area contributed by atoms with Crippen LogP contribution < -0.4 is 5.32 Å². The summed E-state index contributed by atoms with van der Waals surface area (Å²) in [6, 6.07) is 14.1. The van der Waals surface area contributed by atoms with Crippen LogP contribution in [-0.2, 0) is 11.3 Å². The Morgan fingerprint density at radius 2 is 1.96 bits per heavy atom. The lowest BCUT2D eigenvalue weighted by Gasteiger charge is -2.07. The highest BCUT2D eigenvalue weighted by molar-refractivity contribution is 7.99. The predicted octanol–water partition coefficient (Wildman–Crippen LogP) is 2.52. The molecule has 3 rings (SSSR count). The van der Waals surface area contributed by atoms with Crippen LogP contribution in [0.3, 0.4) is 0 Å².